The molecule has 0 aromatic heterocycles. The van der Waals surface area contributed by atoms with E-state index < -0.39 is 28.8 Å². The van der Waals surface area contributed by atoms with Crippen LogP contribution in [0.3, 0.4) is 0 Å². The second-order valence-electron chi connectivity index (χ2n) is 4.42. The normalized spacial score (nSPS) is 10.5. The van der Waals surface area contributed by atoms with Gasteiger partial charge in [-0.3, -0.25) is 4.79 Å². The van der Waals surface area contributed by atoms with Crippen molar-refractivity contribution >= 4 is 5.78 Å². The molecule has 5 heteroatoms. The molecule has 0 radical (unpaired) electrons. The summed E-state index contributed by atoms with van der Waals surface area (Å²) >= 11 is 0. The Morgan fingerprint density at radius 1 is 1.00 bits per heavy atom. The maximum Gasteiger partial charge on any atom is 0.196 e. The highest BCUT2D eigenvalue weighted by Crippen LogP contribution is 2.20. The molecule has 0 saturated carbocycles. The summed E-state index contributed by atoms with van der Waals surface area (Å²) in [7, 11) is 0. The fourth-order valence-corrected chi connectivity index (χ4v) is 1.78. The monoisotopic (exact) mass is 294 g/mol. The van der Waals surface area contributed by atoms with Crippen molar-refractivity contribution in [2.24, 2.45) is 0 Å². The summed E-state index contributed by atoms with van der Waals surface area (Å²) in [5.41, 5.74) is -0.333. The lowest BCUT2D eigenvalue weighted by atomic mass is 10.0. The lowest BCUT2D eigenvalue weighted by molar-refractivity contribution is 0.103. The maximum atomic E-state index is 13.6. The molecule has 0 aliphatic heterocycles. The number of hydrogen-bond acceptors (Lipinski definition) is 2. The van der Waals surface area contributed by atoms with Gasteiger partial charge >= 0.3 is 0 Å². The Labute approximate surface area is 120 Å². The first-order valence-electron chi connectivity index (χ1n) is 6.45. The third-order valence-corrected chi connectivity index (χ3v) is 2.87. The van der Waals surface area contributed by atoms with Crippen molar-refractivity contribution in [1.82, 2.24) is 0 Å². The van der Waals surface area contributed by atoms with Gasteiger partial charge in [-0.15, -0.1) is 0 Å². The second kappa shape index (κ2) is 6.43. The summed E-state index contributed by atoms with van der Waals surface area (Å²) in [5.74, 6) is -4.59. The molecule has 0 saturated heterocycles. The zero-order valence-corrected chi connectivity index (χ0v) is 11.3. The molecule has 0 spiro atoms. The van der Waals surface area contributed by atoms with Crippen LogP contribution in [0.15, 0.2) is 36.4 Å². The summed E-state index contributed by atoms with van der Waals surface area (Å²) in [6.45, 7) is 2.51. The SMILES string of the molecule is CCCOc1ccc(C(=O)c2ccc(F)c(F)c2F)cc1. The summed E-state index contributed by atoms with van der Waals surface area (Å²) in [6.07, 6.45) is 0.848. The highest BCUT2D eigenvalue weighted by Gasteiger charge is 2.19. The molecule has 0 fully saturated rings. The molecule has 0 atom stereocenters. The Balaban J connectivity index is 2.26. The number of carbonyl (C=O) groups excluding carboxylic acids is 1. The summed E-state index contributed by atoms with van der Waals surface area (Å²) in [6, 6.07) is 7.70. The Kier molecular flexibility index (Phi) is 4.62. The molecule has 110 valence electrons. The molecule has 0 amide bonds. The van der Waals surface area contributed by atoms with E-state index in [1.807, 2.05) is 6.92 Å². The smallest absolute Gasteiger partial charge is 0.196 e. The predicted molar refractivity (Wildman–Crippen MR) is 72.0 cm³/mol. The van der Waals surface area contributed by atoms with Gasteiger partial charge in [-0.2, -0.15) is 0 Å². The summed E-state index contributed by atoms with van der Waals surface area (Å²) < 4.78 is 44.9. The van der Waals surface area contributed by atoms with Gasteiger partial charge in [0.05, 0.1) is 12.2 Å². The molecule has 0 heterocycles. The molecular weight excluding hydrogens is 281 g/mol. The van der Waals surface area contributed by atoms with E-state index in [0.717, 1.165) is 18.6 Å². The van der Waals surface area contributed by atoms with Crippen LogP contribution in [0.2, 0.25) is 0 Å². The number of ether oxygens (including phenoxy) is 1. The minimum absolute atomic E-state index is 0.170. The van der Waals surface area contributed by atoms with Gasteiger partial charge in [0.1, 0.15) is 5.75 Å². The summed E-state index contributed by atoms with van der Waals surface area (Å²) in [5, 5.41) is 0. The molecular formula is C16H13F3O2. The third kappa shape index (κ3) is 3.24. The Morgan fingerprint density at radius 3 is 2.29 bits per heavy atom. The molecule has 0 aliphatic carbocycles. The number of ketones is 1. The van der Waals surface area contributed by atoms with Crippen molar-refractivity contribution in [1.29, 1.82) is 0 Å². The van der Waals surface area contributed by atoms with Crippen LogP contribution in [0.1, 0.15) is 29.3 Å². The Hall–Kier alpha value is -2.30. The van der Waals surface area contributed by atoms with E-state index in [0.29, 0.717) is 12.4 Å². The maximum absolute atomic E-state index is 13.6. The highest BCUT2D eigenvalue weighted by molar-refractivity contribution is 6.09. The molecule has 2 aromatic carbocycles. The topological polar surface area (TPSA) is 26.3 Å². The first-order valence-corrected chi connectivity index (χ1v) is 6.45. The van der Waals surface area contributed by atoms with Crippen LogP contribution < -0.4 is 4.74 Å². The number of carbonyl (C=O) groups is 1. The van der Waals surface area contributed by atoms with Gasteiger partial charge < -0.3 is 4.74 Å². The first-order chi connectivity index (χ1) is 10.0. The van der Waals surface area contributed by atoms with Crippen LogP contribution in [-0.2, 0) is 0 Å². The largest absolute Gasteiger partial charge is 0.494 e. The highest BCUT2D eigenvalue weighted by atomic mass is 19.2. The predicted octanol–water partition coefficient (Wildman–Crippen LogP) is 4.12. The van der Waals surface area contributed by atoms with Gasteiger partial charge in [-0.05, 0) is 42.8 Å². The van der Waals surface area contributed by atoms with Crippen molar-refractivity contribution in [3.63, 3.8) is 0 Å². The number of benzene rings is 2. The summed E-state index contributed by atoms with van der Waals surface area (Å²) in [4.78, 5) is 12.1. The van der Waals surface area contributed by atoms with Crippen molar-refractivity contribution in [3.8, 4) is 5.75 Å². The molecule has 2 nitrogen and oxygen atoms in total. The van der Waals surface area contributed by atoms with Gasteiger partial charge in [0.15, 0.2) is 23.2 Å². The van der Waals surface area contributed by atoms with Crippen LogP contribution in [0.5, 0.6) is 5.75 Å². The number of rotatable bonds is 5. The standard InChI is InChI=1S/C16H13F3O2/c1-2-9-21-11-5-3-10(4-6-11)16(20)12-7-8-13(17)15(19)14(12)18/h3-8H,2,9H2,1H3. The Morgan fingerprint density at radius 2 is 1.67 bits per heavy atom. The number of hydrogen-bond donors (Lipinski definition) is 0. The van der Waals surface area contributed by atoms with E-state index in [1.165, 1.54) is 12.1 Å². The van der Waals surface area contributed by atoms with Crippen LogP contribution in [0.25, 0.3) is 0 Å². The molecule has 0 bridgehead atoms. The average molecular weight is 294 g/mol. The lowest BCUT2D eigenvalue weighted by Crippen LogP contribution is -2.07. The van der Waals surface area contributed by atoms with E-state index in [2.05, 4.69) is 0 Å². The van der Waals surface area contributed by atoms with E-state index in [9.17, 15) is 18.0 Å². The minimum atomic E-state index is -1.65. The van der Waals surface area contributed by atoms with Crippen LogP contribution in [0.4, 0.5) is 13.2 Å². The lowest BCUT2D eigenvalue weighted by Gasteiger charge is -2.07. The van der Waals surface area contributed by atoms with Gasteiger partial charge in [-0.1, -0.05) is 6.92 Å². The second-order valence-corrected chi connectivity index (χ2v) is 4.42. The fourth-order valence-electron chi connectivity index (χ4n) is 1.78. The Bertz CT molecular complexity index is 651. The average Bonchev–Trinajstić information content (AvgIpc) is 2.51. The van der Waals surface area contributed by atoms with E-state index in [1.54, 1.807) is 12.1 Å². The quantitative estimate of drug-likeness (QED) is 0.612. The molecule has 0 unspecified atom stereocenters. The van der Waals surface area contributed by atoms with Crippen LogP contribution in [-0.4, -0.2) is 12.4 Å². The molecule has 2 aromatic rings. The van der Waals surface area contributed by atoms with Crippen molar-refractivity contribution in [3.05, 3.63) is 65.0 Å². The van der Waals surface area contributed by atoms with Gasteiger partial charge in [0.2, 0.25) is 0 Å². The molecule has 0 N–H and O–H groups in total. The molecule has 21 heavy (non-hydrogen) atoms. The van der Waals surface area contributed by atoms with Crippen LogP contribution >= 0.6 is 0 Å². The van der Waals surface area contributed by atoms with Gasteiger partial charge in [-0.25, -0.2) is 13.2 Å². The first kappa shape index (κ1) is 15.1. The van der Waals surface area contributed by atoms with Crippen molar-refractivity contribution in [2.45, 2.75) is 13.3 Å². The third-order valence-electron chi connectivity index (χ3n) is 2.87. The fraction of sp³-hybridized carbons (Fsp3) is 0.188. The van der Waals surface area contributed by atoms with Crippen molar-refractivity contribution in [2.75, 3.05) is 6.61 Å². The number of halogens is 3. The van der Waals surface area contributed by atoms with E-state index in [4.69, 9.17) is 4.74 Å². The molecule has 0 aliphatic rings. The molecule has 2 rings (SSSR count). The van der Waals surface area contributed by atoms with Crippen molar-refractivity contribution < 1.29 is 22.7 Å². The minimum Gasteiger partial charge on any atom is -0.494 e. The van der Waals surface area contributed by atoms with Gasteiger partial charge in [0.25, 0.3) is 0 Å². The van der Waals surface area contributed by atoms with E-state index >= 15 is 0 Å². The van der Waals surface area contributed by atoms with Gasteiger partial charge in [0, 0.05) is 5.56 Å². The zero-order valence-electron chi connectivity index (χ0n) is 11.3. The zero-order chi connectivity index (χ0) is 15.4. The van der Waals surface area contributed by atoms with E-state index in [-0.39, 0.29) is 5.56 Å². The van der Waals surface area contributed by atoms with Crippen LogP contribution in [0, 0.1) is 17.5 Å².